The molecule has 2 atom stereocenters. The summed E-state index contributed by atoms with van der Waals surface area (Å²) >= 11 is 12.6. The van der Waals surface area contributed by atoms with Crippen molar-refractivity contribution in [1.29, 1.82) is 0 Å². The van der Waals surface area contributed by atoms with Gasteiger partial charge in [-0.3, -0.25) is 0 Å². The number of nitrogens with zero attached hydrogens (tertiary/aromatic N) is 2. The van der Waals surface area contributed by atoms with E-state index in [2.05, 4.69) is 37.1 Å². The van der Waals surface area contributed by atoms with Crippen LogP contribution in [0, 0.1) is 13.8 Å². The Morgan fingerprint density at radius 3 is 2.62 bits per heavy atom. The van der Waals surface area contributed by atoms with Crippen molar-refractivity contribution in [3.63, 3.8) is 0 Å². The van der Waals surface area contributed by atoms with Crippen LogP contribution in [0.4, 0.5) is 0 Å². The molecule has 29 heavy (non-hydrogen) atoms. The second-order valence-electron chi connectivity index (χ2n) is 7.67. The van der Waals surface area contributed by atoms with Gasteiger partial charge in [-0.05, 0) is 55.8 Å². The van der Waals surface area contributed by atoms with E-state index in [0.717, 1.165) is 29.0 Å². The van der Waals surface area contributed by atoms with Gasteiger partial charge < -0.3 is 4.74 Å². The number of hydrazone groups is 1. The number of hydrogen-bond acceptors (Lipinski definition) is 3. The van der Waals surface area contributed by atoms with Crippen molar-refractivity contribution in [2.75, 3.05) is 0 Å². The lowest BCUT2D eigenvalue weighted by atomic mass is 9.93. The maximum atomic E-state index is 6.38. The molecular weight excluding hydrogens is 403 g/mol. The zero-order chi connectivity index (χ0) is 20.1. The van der Waals surface area contributed by atoms with Crippen LogP contribution in [0.25, 0.3) is 0 Å². The summed E-state index contributed by atoms with van der Waals surface area (Å²) in [5.74, 6) is 0.845. The summed E-state index contributed by atoms with van der Waals surface area (Å²) in [6.07, 6.45) is 0.466. The number of ether oxygens (including phenoxy) is 1. The molecule has 0 aliphatic carbocycles. The number of benzene rings is 3. The van der Waals surface area contributed by atoms with E-state index in [1.807, 2.05) is 42.5 Å². The van der Waals surface area contributed by atoms with E-state index in [-0.39, 0.29) is 12.3 Å². The highest BCUT2D eigenvalue weighted by atomic mass is 35.5. The SMILES string of the molecule is Cc1ccc(C)c(C2=NN3[C@@H](C2)c2cc(Cl)ccc2O[C@H]3c2cccc(Cl)c2)c1. The number of hydrogen-bond donors (Lipinski definition) is 0. The van der Waals surface area contributed by atoms with Gasteiger partial charge in [0.2, 0.25) is 6.23 Å². The predicted molar refractivity (Wildman–Crippen MR) is 118 cm³/mol. The Morgan fingerprint density at radius 2 is 1.79 bits per heavy atom. The van der Waals surface area contributed by atoms with Crippen molar-refractivity contribution in [3.05, 3.63) is 98.5 Å². The second-order valence-corrected chi connectivity index (χ2v) is 8.55. The lowest BCUT2D eigenvalue weighted by Crippen LogP contribution is -2.33. The smallest absolute Gasteiger partial charge is 0.213 e. The van der Waals surface area contributed by atoms with Gasteiger partial charge in [-0.25, -0.2) is 5.01 Å². The standard InChI is InChI=1S/C24H20Cl2N2O/c1-14-6-7-15(2)19(10-14)21-13-22-20-12-18(26)8-9-23(20)29-24(28(22)27-21)16-4-3-5-17(25)11-16/h3-12,22,24H,13H2,1-2H3/t22-,24-/m0/s1. The third-order valence-electron chi connectivity index (χ3n) is 5.59. The Labute approximate surface area is 180 Å². The van der Waals surface area contributed by atoms with Crippen LogP contribution in [0.15, 0.2) is 65.8 Å². The molecule has 3 aromatic rings. The zero-order valence-corrected chi connectivity index (χ0v) is 17.7. The van der Waals surface area contributed by atoms with Gasteiger partial charge in [-0.1, -0.05) is 53.0 Å². The fourth-order valence-corrected chi connectivity index (χ4v) is 4.53. The molecule has 0 aromatic heterocycles. The van der Waals surface area contributed by atoms with Crippen molar-refractivity contribution >= 4 is 28.9 Å². The maximum absolute atomic E-state index is 6.38. The minimum absolute atomic E-state index is 0.0661. The van der Waals surface area contributed by atoms with Crippen LogP contribution in [0.5, 0.6) is 5.75 Å². The normalized spacial score (nSPS) is 20.0. The van der Waals surface area contributed by atoms with Gasteiger partial charge in [-0.15, -0.1) is 0 Å². The molecule has 0 amide bonds. The Hall–Kier alpha value is -2.49. The Morgan fingerprint density at radius 1 is 0.966 bits per heavy atom. The molecule has 0 spiro atoms. The molecule has 2 aliphatic heterocycles. The predicted octanol–water partition coefficient (Wildman–Crippen LogP) is 6.85. The quantitative estimate of drug-likeness (QED) is 0.450. The van der Waals surface area contributed by atoms with E-state index in [1.54, 1.807) is 0 Å². The molecule has 5 rings (SSSR count). The lowest BCUT2D eigenvalue weighted by Gasteiger charge is -2.38. The molecule has 0 saturated heterocycles. The lowest BCUT2D eigenvalue weighted by molar-refractivity contribution is -0.0190. The third kappa shape index (κ3) is 3.29. The molecule has 0 unspecified atom stereocenters. The van der Waals surface area contributed by atoms with E-state index >= 15 is 0 Å². The van der Waals surface area contributed by atoms with E-state index in [4.69, 9.17) is 33.0 Å². The van der Waals surface area contributed by atoms with Gasteiger partial charge in [-0.2, -0.15) is 5.10 Å². The highest BCUT2D eigenvalue weighted by Crippen LogP contribution is 2.48. The zero-order valence-electron chi connectivity index (χ0n) is 16.2. The molecule has 0 bridgehead atoms. The molecule has 2 heterocycles. The maximum Gasteiger partial charge on any atom is 0.213 e. The number of fused-ring (bicyclic) bond motifs is 3. The fourth-order valence-electron chi connectivity index (χ4n) is 4.15. The molecule has 0 saturated carbocycles. The monoisotopic (exact) mass is 422 g/mol. The first-order chi connectivity index (χ1) is 14.0. The second kappa shape index (κ2) is 7.08. The van der Waals surface area contributed by atoms with E-state index in [9.17, 15) is 0 Å². The summed E-state index contributed by atoms with van der Waals surface area (Å²) in [4.78, 5) is 0. The summed E-state index contributed by atoms with van der Waals surface area (Å²) in [5, 5.41) is 8.48. The number of halogens is 2. The Bertz CT molecular complexity index is 1140. The van der Waals surface area contributed by atoms with Crippen molar-refractivity contribution in [1.82, 2.24) is 5.01 Å². The molecule has 5 heteroatoms. The first-order valence-corrected chi connectivity index (χ1v) is 10.4. The van der Waals surface area contributed by atoms with Gasteiger partial charge in [0, 0.05) is 33.2 Å². The molecule has 2 aliphatic rings. The average molecular weight is 423 g/mol. The summed E-state index contributed by atoms with van der Waals surface area (Å²) < 4.78 is 6.38. The highest BCUT2D eigenvalue weighted by Gasteiger charge is 2.41. The van der Waals surface area contributed by atoms with Crippen molar-refractivity contribution < 1.29 is 4.74 Å². The summed E-state index contributed by atoms with van der Waals surface area (Å²) in [6.45, 7) is 4.24. The molecule has 0 fully saturated rings. The minimum atomic E-state index is -0.338. The molecule has 146 valence electrons. The third-order valence-corrected chi connectivity index (χ3v) is 6.06. The summed E-state index contributed by atoms with van der Waals surface area (Å²) in [6, 6.07) is 20.1. The Balaban J connectivity index is 1.64. The Kier molecular flexibility index (Phi) is 4.53. The van der Waals surface area contributed by atoms with Crippen molar-refractivity contribution in [2.45, 2.75) is 32.5 Å². The van der Waals surface area contributed by atoms with Crippen molar-refractivity contribution in [3.8, 4) is 5.75 Å². The topological polar surface area (TPSA) is 24.8 Å². The highest BCUT2D eigenvalue weighted by molar-refractivity contribution is 6.31. The van der Waals surface area contributed by atoms with Gasteiger partial charge in [0.15, 0.2) is 0 Å². The van der Waals surface area contributed by atoms with Gasteiger partial charge in [0.25, 0.3) is 0 Å². The molecule has 3 nitrogen and oxygen atoms in total. The first kappa shape index (κ1) is 18.5. The van der Waals surface area contributed by atoms with Crippen LogP contribution in [-0.2, 0) is 0 Å². The van der Waals surface area contributed by atoms with Crippen molar-refractivity contribution in [2.24, 2.45) is 5.10 Å². The van der Waals surface area contributed by atoms with E-state index < -0.39 is 0 Å². The molecule has 0 radical (unpaired) electrons. The number of aryl methyl sites for hydroxylation is 2. The van der Waals surface area contributed by atoms with Crippen LogP contribution >= 0.6 is 23.2 Å². The summed E-state index contributed by atoms with van der Waals surface area (Å²) in [5.41, 5.74) is 6.76. The fraction of sp³-hybridized carbons (Fsp3) is 0.208. The largest absolute Gasteiger partial charge is 0.464 e. The average Bonchev–Trinajstić information content (AvgIpc) is 3.15. The van der Waals surface area contributed by atoms with Gasteiger partial charge in [0.05, 0.1) is 11.8 Å². The van der Waals surface area contributed by atoms with Gasteiger partial charge >= 0.3 is 0 Å². The van der Waals surface area contributed by atoms with Crippen LogP contribution < -0.4 is 4.74 Å². The van der Waals surface area contributed by atoms with Gasteiger partial charge in [0.1, 0.15) is 5.75 Å². The van der Waals surface area contributed by atoms with E-state index in [0.29, 0.717) is 10.0 Å². The number of rotatable bonds is 2. The molecule has 0 N–H and O–H groups in total. The van der Waals surface area contributed by atoms with Crippen LogP contribution in [0.2, 0.25) is 10.0 Å². The molecular formula is C24H20Cl2N2O. The molecule has 3 aromatic carbocycles. The minimum Gasteiger partial charge on any atom is -0.464 e. The van der Waals surface area contributed by atoms with Crippen LogP contribution in [0.1, 0.15) is 46.5 Å². The summed E-state index contributed by atoms with van der Waals surface area (Å²) in [7, 11) is 0. The first-order valence-electron chi connectivity index (χ1n) is 9.64. The van der Waals surface area contributed by atoms with Crippen LogP contribution in [-0.4, -0.2) is 10.7 Å². The van der Waals surface area contributed by atoms with Crippen LogP contribution in [0.3, 0.4) is 0 Å². The van der Waals surface area contributed by atoms with E-state index in [1.165, 1.54) is 16.7 Å².